The Bertz CT molecular complexity index is 1140. The molecule has 0 bridgehead atoms. The Hall–Kier alpha value is -3.60. The second-order valence-corrected chi connectivity index (χ2v) is 7.30. The highest BCUT2D eigenvalue weighted by Crippen LogP contribution is 2.34. The molecule has 2 aromatic heterocycles. The van der Waals surface area contributed by atoms with E-state index in [-0.39, 0.29) is 30.7 Å². The summed E-state index contributed by atoms with van der Waals surface area (Å²) in [7, 11) is 0. The van der Waals surface area contributed by atoms with Crippen LogP contribution in [0.3, 0.4) is 0 Å². The molecule has 2 N–H and O–H groups in total. The minimum absolute atomic E-state index is 0.0958. The molecule has 3 aromatic rings. The highest BCUT2D eigenvalue weighted by molar-refractivity contribution is 5.94. The Labute approximate surface area is 180 Å². The van der Waals surface area contributed by atoms with Crippen molar-refractivity contribution in [1.82, 2.24) is 20.1 Å². The van der Waals surface area contributed by atoms with Gasteiger partial charge in [0.1, 0.15) is 5.75 Å². The number of halogens is 3. The molecule has 0 radical (unpaired) electrons. The highest BCUT2D eigenvalue weighted by atomic mass is 19.4. The van der Waals surface area contributed by atoms with Crippen molar-refractivity contribution >= 4 is 22.6 Å². The number of amides is 1. The summed E-state index contributed by atoms with van der Waals surface area (Å²) in [6, 6.07) is 7.11. The van der Waals surface area contributed by atoms with Crippen molar-refractivity contribution < 1.29 is 27.8 Å². The molecule has 0 saturated carbocycles. The Morgan fingerprint density at radius 1 is 1.28 bits per heavy atom. The second-order valence-electron chi connectivity index (χ2n) is 7.30. The number of carbonyl (C=O) groups excluding carboxylic acids is 1. The molecular weight excluding hydrogens is 427 g/mol. The molecule has 8 nitrogen and oxygen atoms in total. The van der Waals surface area contributed by atoms with Crippen LogP contribution in [0.25, 0.3) is 16.7 Å². The first kappa shape index (κ1) is 21.6. The third-order valence-electron chi connectivity index (χ3n) is 5.11. The van der Waals surface area contributed by atoms with E-state index in [0.717, 1.165) is 11.8 Å². The number of aromatic nitrogens is 3. The molecule has 1 aliphatic rings. The number of hydrogen-bond donors (Lipinski definition) is 2. The third-order valence-corrected chi connectivity index (χ3v) is 5.11. The second kappa shape index (κ2) is 8.50. The first-order valence-electron chi connectivity index (χ1n) is 9.78. The van der Waals surface area contributed by atoms with Gasteiger partial charge < -0.3 is 20.1 Å². The monoisotopic (exact) mass is 447 g/mol. The zero-order valence-electron chi connectivity index (χ0n) is 16.8. The van der Waals surface area contributed by atoms with Crippen LogP contribution >= 0.6 is 0 Å². The molecule has 1 saturated heterocycles. The van der Waals surface area contributed by atoms with Gasteiger partial charge in [0.25, 0.3) is 0 Å². The molecule has 1 aliphatic heterocycles. The molecular formula is C21H20F3N5O3. The first-order chi connectivity index (χ1) is 15.3. The van der Waals surface area contributed by atoms with E-state index in [9.17, 15) is 23.1 Å². The van der Waals surface area contributed by atoms with Crippen LogP contribution in [0.15, 0.2) is 49.2 Å². The molecule has 0 spiro atoms. The maximum atomic E-state index is 12.5. The van der Waals surface area contributed by atoms with E-state index < -0.39 is 6.36 Å². The van der Waals surface area contributed by atoms with Crippen molar-refractivity contribution in [2.45, 2.75) is 12.9 Å². The fourth-order valence-corrected chi connectivity index (χ4v) is 3.58. The summed E-state index contributed by atoms with van der Waals surface area (Å²) in [5, 5.41) is 17.3. The summed E-state index contributed by atoms with van der Waals surface area (Å²) in [4.78, 5) is 18.2. The Kier molecular flexibility index (Phi) is 5.74. The predicted molar refractivity (Wildman–Crippen MR) is 110 cm³/mol. The Morgan fingerprint density at radius 3 is 2.62 bits per heavy atom. The Balaban J connectivity index is 1.74. The summed E-state index contributed by atoms with van der Waals surface area (Å²) in [6.45, 7) is 4.98. The van der Waals surface area contributed by atoms with Crippen LogP contribution in [0.5, 0.6) is 5.75 Å². The van der Waals surface area contributed by atoms with Crippen LogP contribution in [-0.4, -0.2) is 51.8 Å². The van der Waals surface area contributed by atoms with Crippen LogP contribution in [0.4, 0.5) is 18.9 Å². The molecule has 32 heavy (non-hydrogen) atoms. The Morgan fingerprint density at radius 2 is 2.00 bits per heavy atom. The average molecular weight is 447 g/mol. The standard InChI is InChI=1S/C21H20F3N5O3/c1-2-18(31)26-9-16-19-17(28-10-13(11-28)12-30)7-8-25-20(19)29(27-16)14-3-5-15(6-4-14)32-21(22,23)24/h2-8,13,30H,1,9-12H2,(H,26,31). The minimum Gasteiger partial charge on any atom is -0.406 e. The van der Waals surface area contributed by atoms with Gasteiger partial charge in [-0.3, -0.25) is 4.79 Å². The molecule has 1 aromatic carbocycles. The van der Waals surface area contributed by atoms with Gasteiger partial charge in [0.05, 0.1) is 29.0 Å². The third kappa shape index (κ3) is 4.37. The van der Waals surface area contributed by atoms with Crippen molar-refractivity contribution in [3.63, 3.8) is 0 Å². The van der Waals surface area contributed by atoms with Crippen molar-refractivity contribution in [1.29, 1.82) is 0 Å². The summed E-state index contributed by atoms with van der Waals surface area (Å²) in [5.41, 5.74) is 2.36. The van der Waals surface area contributed by atoms with Gasteiger partial charge in [-0.05, 0) is 36.4 Å². The van der Waals surface area contributed by atoms with Crippen molar-refractivity contribution in [3.8, 4) is 11.4 Å². The van der Waals surface area contributed by atoms with E-state index in [1.165, 1.54) is 28.9 Å². The van der Waals surface area contributed by atoms with Crippen molar-refractivity contribution in [2.24, 2.45) is 5.92 Å². The number of nitrogens with zero attached hydrogens (tertiary/aromatic N) is 4. The summed E-state index contributed by atoms with van der Waals surface area (Å²) < 4.78 is 42.8. The molecule has 1 fully saturated rings. The number of hydrogen-bond acceptors (Lipinski definition) is 6. The lowest BCUT2D eigenvalue weighted by atomic mass is 9.99. The molecule has 0 unspecified atom stereocenters. The summed E-state index contributed by atoms with van der Waals surface area (Å²) >= 11 is 0. The van der Waals surface area contributed by atoms with E-state index >= 15 is 0 Å². The van der Waals surface area contributed by atoms with E-state index in [4.69, 9.17) is 0 Å². The minimum atomic E-state index is -4.78. The number of carbonyl (C=O) groups is 1. The van der Waals surface area contributed by atoms with Gasteiger partial charge in [-0.2, -0.15) is 5.10 Å². The van der Waals surface area contributed by atoms with Crippen LogP contribution in [0.2, 0.25) is 0 Å². The van der Waals surface area contributed by atoms with Crippen molar-refractivity contribution in [2.75, 3.05) is 24.6 Å². The number of ether oxygens (including phenoxy) is 1. The quantitative estimate of drug-likeness (QED) is 0.541. The van der Waals surface area contributed by atoms with E-state index in [1.54, 1.807) is 6.20 Å². The molecule has 1 amide bonds. The van der Waals surface area contributed by atoms with Gasteiger partial charge in [-0.1, -0.05) is 6.58 Å². The molecule has 3 heterocycles. The number of alkyl halides is 3. The lowest BCUT2D eigenvalue weighted by molar-refractivity contribution is -0.274. The molecule has 0 atom stereocenters. The zero-order chi connectivity index (χ0) is 22.9. The number of fused-ring (bicyclic) bond motifs is 1. The van der Waals surface area contributed by atoms with Crippen molar-refractivity contribution in [3.05, 3.63) is 54.9 Å². The molecule has 168 valence electrons. The normalized spacial score (nSPS) is 14.3. The molecule has 11 heteroatoms. The average Bonchev–Trinajstić information content (AvgIpc) is 3.10. The number of pyridine rings is 1. The predicted octanol–water partition coefficient (Wildman–Crippen LogP) is 2.55. The maximum Gasteiger partial charge on any atom is 0.573 e. The van der Waals surface area contributed by atoms with Crippen LogP contribution in [0, 0.1) is 5.92 Å². The number of rotatable bonds is 7. The van der Waals surface area contributed by atoms with E-state index in [1.807, 2.05) is 6.07 Å². The van der Waals surface area contributed by atoms with Gasteiger partial charge in [-0.15, -0.1) is 13.2 Å². The van der Waals surface area contributed by atoms with E-state index in [0.29, 0.717) is 35.5 Å². The van der Waals surface area contributed by atoms with E-state index in [2.05, 4.69) is 31.6 Å². The number of nitrogens with one attached hydrogen (secondary N) is 1. The summed E-state index contributed by atoms with van der Waals surface area (Å²) in [6.07, 6.45) is -2.01. The largest absolute Gasteiger partial charge is 0.573 e. The number of aliphatic hydroxyl groups excluding tert-OH is 1. The maximum absolute atomic E-state index is 12.5. The fourth-order valence-electron chi connectivity index (χ4n) is 3.58. The van der Waals surface area contributed by atoms with Crippen LogP contribution in [0.1, 0.15) is 5.69 Å². The SMILES string of the molecule is C=CC(=O)NCc1nn(-c2ccc(OC(F)(F)F)cc2)c2nccc(N3CC(CO)C3)c12. The molecule has 0 aliphatic carbocycles. The summed E-state index contributed by atoms with van der Waals surface area (Å²) in [5.74, 6) is -0.533. The van der Waals surface area contributed by atoms with Gasteiger partial charge in [0.2, 0.25) is 5.91 Å². The fraction of sp³-hybridized carbons (Fsp3) is 0.286. The lowest BCUT2D eigenvalue weighted by Gasteiger charge is -2.40. The van der Waals surface area contributed by atoms with Gasteiger partial charge in [0.15, 0.2) is 5.65 Å². The van der Waals surface area contributed by atoms with Gasteiger partial charge >= 0.3 is 6.36 Å². The topological polar surface area (TPSA) is 92.5 Å². The smallest absolute Gasteiger partial charge is 0.406 e. The highest BCUT2D eigenvalue weighted by Gasteiger charge is 2.31. The lowest BCUT2D eigenvalue weighted by Crippen LogP contribution is -2.48. The van der Waals surface area contributed by atoms with Gasteiger partial charge in [0, 0.05) is 31.8 Å². The first-order valence-corrected chi connectivity index (χ1v) is 9.78. The van der Waals surface area contributed by atoms with Gasteiger partial charge in [-0.25, -0.2) is 9.67 Å². The molecule has 4 rings (SSSR count). The van der Waals surface area contributed by atoms with Crippen LogP contribution in [-0.2, 0) is 11.3 Å². The zero-order valence-corrected chi connectivity index (χ0v) is 16.8. The van der Waals surface area contributed by atoms with Crippen LogP contribution < -0.4 is 15.0 Å². The number of anilines is 1. The number of aliphatic hydroxyl groups is 1. The number of benzene rings is 1.